The molecule has 0 aliphatic heterocycles. The smallest absolute Gasteiger partial charge is 0.161 e. The zero-order valence-corrected chi connectivity index (χ0v) is 11.3. The van der Waals surface area contributed by atoms with Crippen LogP contribution in [-0.2, 0) is 6.42 Å². The van der Waals surface area contributed by atoms with Crippen LogP contribution in [0.15, 0.2) is 24.4 Å². The Hall–Kier alpha value is -1.59. The van der Waals surface area contributed by atoms with E-state index in [1.807, 2.05) is 24.4 Å². The lowest BCUT2D eigenvalue weighted by Gasteiger charge is -2.08. The molecule has 2 N–H and O–H groups in total. The molecule has 2 rings (SSSR count). The number of ether oxygens (including phenoxy) is 2. The Bertz CT molecular complexity index is 525. The van der Waals surface area contributed by atoms with E-state index in [-0.39, 0.29) is 0 Å². The first-order valence-corrected chi connectivity index (χ1v) is 6.47. The molecule has 1 heterocycles. The number of thiazole rings is 1. The molecule has 0 aliphatic carbocycles. The van der Waals surface area contributed by atoms with Crippen LogP contribution in [-0.4, -0.2) is 25.7 Å². The fourth-order valence-corrected chi connectivity index (χ4v) is 2.60. The molecule has 1 aromatic carbocycles. The summed E-state index contributed by atoms with van der Waals surface area (Å²) in [4.78, 5) is 5.46. The summed E-state index contributed by atoms with van der Waals surface area (Å²) in [5.41, 5.74) is 6.60. The minimum absolute atomic E-state index is 0.624. The summed E-state index contributed by atoms with van der Waals surface area (Å²) in [6, 6.07) is 5.86. The Kier molecular flexibility index (Phi) is 4.17. The van der Waals surface area contributed by atoms with Gasteiger partial charge in [-0.05, 0) is 30.3 Å². The van der Waals surface area contributed by atoms with Crippen LogP contribution in [0.3, 0.4) is 0 Å². The highest BCUT2D eigenvalue weighted by molar-refractivity contribution is 7.15. The highest BCUT2D eigenvalue weighted by Crippen LogP contribution is 2.34. The van der Waals surface area contributed by atoms with Gasteiger partial charge in [-0.1, -0.05) is 0 Å². The molecule has 4 nitrogen and oxygen atoms in total. The summed E-state index contributed by atoms with van der Waals surface area (Å²) >= 11 is 1.66. The maximum absolute atomic E-state index is 5.52. The molecule has 0 amide bonds. The molecule has 2 aromatic rings. The second-order valence-electron chi connectivity index (χ2n) is 3.73. The highest BCUT2D eigenvalue weighted by Gasteiger charge is 2.08. The van der Waals surface area contributed by atoms with E-state index in [4.69, 9.17) is 15.2 Å². The Balaban J connectivity index is 2.31. The van der Waals surface area contributed by atoms with Gasteiger partial charge in [-0.15, -0.1) is 11.3 Å². The number of methoxy groups -OCH3 is 2. The van der Waals surface area contributed by atoms with Crippen LogP contribution in [0.4, 0.5) is 0 Å². The lowest BCUT2D eigenvalue weighted by molar-refractivity contribution is 0.355. The first-order valence-electron chi connectivity index (χ1n) is 5.65. The van der Waals surface area contributed by atoms with Crippen LogP contribution in [0.5, 0.6) is 11.5 Å². The van der Waals surface area contributed by atoms with E-state index < -0.39 is 0 Å². The van der Waals surface area contributed by atoms with Gasteiger partial charge in [-0.2, -0.15) is 0 Å². The molecule has 18 heavy (non-hydrogen) atoms. The van der Waals surface area contributed by atoms with Crippen molar-refractivity contribution in [3.63, 3.8) is 0 Å². The maximum Gasteiger partial charge on any atom is 0.161 e. The van der Waals surface area contributed by atoms with Crippen LogP contribution < -0.4 is 15.2 Å². The SMILES string of the molecule is COc1ccc(-c2cnc(CCN)s2)cc1OC. The molecule has 0 saturated carbocycles. The van der Waals surface area contributed by atoms with Crippen molar-refractivity contribution >= 4 is 11.3 Å². The van der Waals surface area contributed by atoms with Crippen LogP contribution >= 0.6 is 11.3 Å². The van der Waals surface area contributed by atoms with E-state index in [0.29, 0.717) is 6.54 Å². The predicted octanol–water partition coefficient (Wildman–Crippen LogP) is 2.33. The number of rotatable bonds is 5. The van der Waals surface area contributed by atoms with Gasteiger partial charge in [-0.3, -0.25) is 0 Å². The van der Waals surface area contributed by atoms with E-state index in [1.54, 1.807) is 25.6 Å². The maximum atomic E-state index is 5.52. The van der Waals surface area contributed by atoms with Crippen LogP contribution in [0, 0.1) is 0 Å². The molecule has 0 radical (unpaired) electrons. The second kappa shape index (κ2) is 5.84. The van der Waals surface area contributed by atoms with Crippen molar-refractivity contribution in [2.24, 2.45) is 5.73 Å². The van der Waals surface area contributed by atoms with E-state index in [2.05, 4.69) is 4.98 Å². The zero-order chi connectivity index (χ0) is 13.0. The molecular weight excluding hydrogens is 248 g/mol. The average molecular weight is 264 g/mol. The first-order chi connectivity index (χ1) is 8.78. The number of nitrogens with two attached hydrogens (primary N) is 1. The van der Waals surface area contributed by atoms with Gasteiger partial charge in [0.2, 0.25) is 0 Å². The molecular formula is C13H16N2O2S. The lowest BCUT2D eigenvalue weighted by Crippen LogP contribution is -2.01. The lowest BCUT2D eigenvalue weighted by atomic mass is 10.2. The molecule has 0 saturated heterocycles. The summed E-state index contributed by atoms with van der Waals surface area (Å²) < 4.78 is 10.5. The van der Waals surface area contributed by atoms with E-state index in [9.17, 15) is 0 Å². The van der Waals surface area contributed by atoms with Crippen molar-refractivity contribution in [2.75, 3.05) is 20.8 Å². The quantitative estimate of drug-likeness (QED) is 0.900. The summed E-state index contributed by atoms with van der Waals surface area (Å²) in [7, 11) is 3.26. The first kappa shape index (κ1) is 12.9. The average Bonchev–Trinajstić information content (AvgIpc) is 2.87. The zero-order valence-electron chi connectivity index (χ0n) is 10.5. The van der Waals surface area contributed by atoms with Gasteiger partial charge in [0.15, 0.2) is 11.5 Å². The topological polar surface area (TPSA) is 57.4 Å². The third-order valence-electron chi connectivity index (χ3n) is 2.58. The molecule has 0 fully saturated rings. The third-order valence-corrected chi connectivity index (χ3v) is 3.69. The van der Waals surface area contributed by atoms with E-state index in [1.165, 1.54) is 0 Å². The molecule has 96 valence electrons. The van der Waals surface area contributed by atoms with Crippen molar-refractivity contribution < 1.29 is 9.47 Å². The van der Waals surface area contributed by atoms with Crippen molar-refractivity contribution in [2.45, 2.75) is 6.42 Å². The standard InChI is InChI=1S/C13H16N2O2S/c1-16-10-4-3-9(7-11(10)17-2)12-8-15-13(18-12)5-6-14/h3-4,7-8H,5-6,14H2,1-2H3. The fourth-order valence-electron chi connectivity index (χ4n) is 1.67. The largest absolute Gasteiger partial charge is 0.493 e. The molecule has 0 spiro atoms. The van der Waals surface area contributed by atoms with Gasteiger partial charge in [0, 0.05) is 12.6 Å². The Morgan fingerprint density at radius 3 is 2.67 bits per heavy atom. The van der Waals surface area contributed by atoms with Gasteiger partial charge in [-0.25, -0.2) is 4.98 Å². The summed E-state index contributed by atoms with van der Waals surface area (Å²) in [5.74, 6) is 1.46. The molecule has 0 bridgehead atoms. The van der Waals surface area contributed by atoms with Gasteiger partial charge in [0.1, 0.15) is 0 Å². The predicted molar refractivity (Wildman–Crippen MR) is 73.4 cm³/mol. The molecule has 5 heteroatoms. The van der Waals surface area contributed by atoms with Crippen LogP contribution in [0.25, 0.3) is 10.4 Å². The number of hydrogen-bond acceptors (Lipinski definition) is 5. The molecule has 1 aromatic heterocycles. The number of aromatic nitrogens is 1. The number of hydrogen-bond donors (Lipinski definition) is 1. The normalized spacial score (nSPS) is 10.4. The van der Waals surface area contributed by atoms with Crippen molar-refractivity contribution in [1.29, 1.82) is 0 Å². The van der Waals surface area contributed by atoms with Crippen molar-refractivity contribution in [3.05, 3.63) is 29.4 Å². The second-order valence-corrected chi connectivity index (χ2v) is 4.84. The Morgan fingerprint density at radius 2 is 2.00 bits per heavy atom. The van der Waals surface area contributed by atoms with Crippen molar-refractivity contribution in [1.82, 2.24) is 4.98 Å². The van der Waals surface area contributed by atoms with Gasteiger partial charge in [0.05, 0.1) is 24.1 Å². The number of benzene rings is 1. The van der Waals surface area contributed by atoms with E-state index in [0.717, 1.165) is 33.4 Å². The summed E-state index contributed by atoms with van der Waals surface area (Å²) in [6.45, 7) is 0.624. The third kappa shape index (κ3) is 2.63. The van der Waals surface area contributed by atoms with Crippen LogP contribution in [0.1, 0.15) is 5.01 Å². The Morgan fingerprint density at radius 1 is 1.22 bits per heavy atom. The number of nitrogens with zero attached hydrogens (tertiary/aromatic N) is 1. The molecule has 0 aliphatic rings. The van der Waals surface area contributed by atoms with Gasteiger partial charge >= 0.3 is 0 Å². The van der Waals surface area contributed by atoms with E-state index >= 15 is 0 Å². The summed E-state index contributed by atoms with van der Waals surface area (Å²) in [6.07, 6.45) is 2.69. The monoisotopic (exact) mass is 264 g/mol. The van der Waals surface area contributed by atoms with Gasteiger partial charge < -0.3 is 15.2 Å². The van der Waals surface area contributed by atoms with Crippen LogP contribution in [0.2, 0.25) is 0 Å². The summed E-state index contributed by atoms with van der Waals surface area (Å²) in [5, 5.41) is 1.06. The fraction of sp³-hybridized carbons (Fsp3) is 0.308. The Labute approximate surface area is 110 Å². The van der Waals surface area contributed by atoms with Gasteiger partial charge in [0.25, 0.3) is 0 Å². The molecule has 0 atom stereocenters. The minimum atomic E-state index is 0.624. The minimum Gasteiger partial charge on any atom is -0.493 e. The van der Waals surface area contributed by atoms with Crippen molar-refractivity contribution in [3.8, 4) is 21.9 Å². The molecule has 0 unspecified atom stereocenters. The highest BCUT2D eigenvalue weighted by atomic mass is 32.1.